The highest BCUT2D eigenvalue weighted by molar-refractivity contribution is 7.22. The van der Waals surface area contributed by atoms with Crippen molar-refractivity contribution in [3.05, 3.63) is 65.6 Å². The van der Waals surface area contributed by atoms with Gasteiger partial charge >= 0.3 is 0 Å². The fourth-order valence-electron chi connectivity index (χ4n) is 2.92. The first-order valence-electron chi connectivity index (χ1n) is 7.94. The molecule has 0 fully saturated rings. The summed E-state index contributed by atoms with van der Waals surface area (Å²) >= 11 is 7.61. The first kappa shape index (κ1) is 17.0. The van der Waals surface area contributed by atoms with Crippen LogP contribution >= 0.6 is 22.9 Å². The van der Waals surface area contributed by atoms with Crippen molar-refractivity contribution in [2.75, 3.05) is 0 Å². The van der Waals surface area contributed by atoms with Crippen molar-refractivity contribution in [2.24, 2.45) is 5.73 Å². The molecule has 1 unspecified atom stereocenters. The predicted octanol–water partition coefficient (Wildman–Crippen LogP) is 5.23. The zero-order chi connectivity index (χ0) is 18.3. The van der Waals surface area contributed by atoms with Crippen LogP contribution in [0.5, 0.6) is 0 Å². The highest BCUT2D eigenvalue weighted by Crippen LogP contribution is 2.41. The fraction of sp³-hybridized carbons (Fsp3) is 0.105. The Bertz CT molecular complexity index is 1110. The molecule has 4 rings (SSSR count). The third-order valence-electron chi connectivity index (χ3n) is 4.13. The van der Waals surface area contributed by atoms with Gasteiger partial charge in [0.15, 0.2) is 5.82 Å². The molecule has 0 amide bonds. The summed E-state index contributed by atoms with van der Waals surface area (Å²) in [5.41, 5.74) is 9.24. The quantitative estimate of drug-likeness (QED) is 0.491. The van der Waals surface area contributed by atoms with Gasteiger partial charge in [-0.25, -0.2) is 19.3 Å². The van der Waals surface area contributed by atoms with Crippen molar-refractivity contribution in [1.29, 1.82) is 0 Å². The second-order valence-corrected chi connectivity index (χ2v) is 7.38. The van der Waals surface area contributed by atoms with E-state index in [1.807, 2.05) is 37.3 Å². The lowest BCUT2D eigenvalue weighted by Gasteiger charge is -2.13. The topological polar surface area (TPSA) is 64.7 Å². The summed E-state index contributed by atoms with van der Waals surface area (Å²) in [4.78, 5) is 12.7. The van der Waals surface area contributed by atoms with Crippen LogP contribution in [0.25, 0.3) is 31.8 Å². The number of pyridine rings is 1. The second kappa shape index (κ2) is 6.72. The first-order chi connectivity index (χ1) is 12.5. The molecule has 1 atom stereocenters. The Morgan fingerprint density at radius 1 is 1.15 bits per heavy atom. The van der Waals surface area contributed by atoms with Crippen LogP contribution in [-0.2, 0) is 0 Å². The van der Waals surface area contributed by atoms with E-state index in [4.69, 9.17) is 17.3 Å². The van der Waals surface area contributed by atoms with E-state index in [1.165, 1.54) is 23.9 Å². The minimum Gasteiger partial charge on any atom is -0.324 e. The van der Waals surface area contributed by atoms with E-state index >= 15 is 0 Å². The summed E-state index contributed by atoms with van der Waals surface area (Å²) in [5, 5.41) is 1.41. The highest BCUT2D eigenvalue weighted by atomic mass is 35.5. The molecule has 0 spiro atoms. The lowest BCUT2D eigenvalue weighted by Crippen LogP contribution is -2.07. The number of hydrogen-bond acceptors (Lipinski definition) is 5. The predicted molar refractivity (Wildman–Crippen MR) is 104 cm³/mol. The van der Waals surface area contributed by atoms with Crippen LogP contribution in [0.15, 0.2) is 49.1 Å². The number of nitrogens with two attached hydrogens (primary N) is 1. The SMILES string of the molecule is CC(N)c1cnc(Cl)cc1-c1cccc2cc(-c3ncncc3F)sc12. The van der Waals surface area contributed by atoms with Gasteiger partial charge in [0.05, 0.1) is 11.1 Å². The van der Waals surface area contributed by atoms with Crippen molar-refractivity contribution >= 4 is 33.0 Å². The molecule has 3 aromatic heterocycles. The lowest BCUT2D eigenvalue weighted by molar-refractivity contribution is 0.618. The van der Waals surface area contributed by atoms with Gasteiger partial charge in [0.25, 0.3) is 0 Å². The van der Waals surface area contributed by atoms with Crippen LogP contribution in [0.4, 0.5) is 4.39 Å². The van der Waals surface area contributed by atoms with Crippen molar-refractivity contribution in [2.45, 2.75) is 13.0 Å². The van der Waals surface area contributed by atoms with E-state index in [2.05, 4.69) is 15.0 Å². The summed E-state index contributed by atoms with van der Waals surface area (Å²) in [7, 11) is 0. The van der Waals surface area contributed by atoms with E-state index < -0.39 is 5.82 Å². The van der Waals surface area contributed by atoms with Gasteiger partial charge in [0, 0.05) is 22.5 Å². The largest absolute Gasteiger partial charge is 0.324 e. The fourth-order valence-corrected chi connectivity index (χ4v) is 4.27. The van der Waals surface area contributed by atoms with Crippen molar-refractivity contribution in [3.8, 4) is 21.7 Å². The maximum absolute atomic E-state index is 14.1. The molecular formula is C19H14ClFN4S. The van der Waals surface area contributed by atoms with Gasteiger partial charge < -0.3 is 5.73 Å². The van der Waals surface area contributed by atoms with Crippen LogP contribution in [0, 0.1) is 5.82 Å². The van der Waals surface area contributed by atoms with Gasteiger partial charge in [0.2, 0.25) is 0 Å². The molecule has 130 valence electrons. The number of thiophene rings is 1. The molecule has 1 aromatic carbocycles. The first-order valence-corrected chi connectivity index (χ1v) is 9.14. The molecule has 0 saturated carbocycles. The smallest absolute Gasteiger partial charge is 0.168 e. The number of hydrogen-bond donors (Lipinski definition) is 1. The standard InChI is InChI=1S/C19H14ClFN4S/c1-10(22)14-7-24-17(20)6-13(14)12-4-2-3-11-5-16(26-19(11)12)18-15(21)8-23-9-25-18/h2-10H,22H2,1H3. The second-order valence-electron chi connectivity index (χ2n) is 5.94. The van der Waals surface area contributed by atoms with Gasteiger partial charge in [-0.1, -0.05) is 29.8 Å². The maximum Gasteiger partial charge on any atom is 0.168 e. The number of rotatable bonds is 3. The summed E-state index contributed by atoms with van der Waals surface area (Å²) in [6.07, 6.45) is 4.23. The Kier molecular flexibility index (Phi) is 4.40. The van der Waals surface area contributed by atoms with Crippen LogP contribution < -0.4 is 5.73 Å². The van der Waals surface area contributed by atoms with E-state index in [0.29, 0.717) is 10.8 Å². The zero-order valence-electron chi connectivity index (χ0n) is 13.8. The van der Waals surface area contributed by atoms with Crippen molar-refractivity contribution < 1.29 is 4.39 Å². The Balaban J connectivity index is 1.96. The molecule has 0 radical (unpaired) electrons. The number of halogens is 2. The average Bonchev–Trinajstić information content (AvgIpc) is 3.05. The molecule has 26 heavy (non-hydrogen) atoms. The number of fused-ring (bicyclic) bond motifs is 1. The Labute approximate surface area is 158 Å². The van der Waals surface area contributed by atoms with Crippen LogP contribution in [0.1, 0.15) is 18.5 Å². The lowest BCUT2D eigenvalue weighted by atomic mass is 9.97. The summed E-state index contributed by atoms with van der Waals surface area (Å²) in [5.74, 6) is -0.441. The van der Waals surface area contributed by atoms with Crippen LogP contribution in [0.2, 0.25) is 5.15 Å². The molecule has 7 heteroatoms. The van der Waals surface area contributed by atoms with Crippen LogP contribution in [-0.4, -0.2) is 15.0 Å². The van der Waals surface area contributed by atoms with Gasteiger partial charge in [-0.3, -0.25) is 0 Å². The van der Waals surface area contributed by atoms with Gasteiger partial charge in [-0.05, 0) is 35.6 Å². The van der Waals surface area contributed by atoms with Crippen LogP contribution in [0.3, 0.4) is 0 Å². The minimum atomic E-state index is -0.441. The molecule has 4 nitrogen and oxygen atoms in total. The van der Waals surface area contributed by atoms with Crippen molar-refractivity contribution in [1.82, 2.24) is 15.0 Å². The monoisotopic (exact) mass is 384 g/mol. The Morgan fingerprint density at radius 3 is 2.77 bits per heavy atom. The van der Waals surface area contributed by atoms with Gasteiger partial charge in [-0.15, -0.1) is 11.3 Å². The maximum atomic E-state index is 14.1. The molecular weight excluding hydrogens is 371 g/mol. The Hall–Kier alpha value is -2.41. The third kappa shape index (κ3) is 2.96. The zero-order valence-corrected chi connectivity index (χ0v) is 15.4. The van der Waals surface area contributed by atoms with Gasteiger partial charge in [-0.2, -0.15) is 0 Å². The third-order valence-corrected chi connectivity index (χ3v) is 5.52. The average molecular weight is 385 g/mol. The van der Waals surface area contributed by atoms with Gasteiger partial charge in [0.1, 0.15) is 17.2 Å². The highest BCUT2D eigenvalue weighted by Gasteiger charge is 2.16. The number of benzene rings is 1. The van der Waals surface area contributed by atoms with E-state index in [9.17, 15) is 4.39 Å². The number of nitrogens with zero attached hydrogens (tertiary/aromatic N) is 3. The van der Waals surface area contributed by atoms with E-state index in [-0.39, 0.29) is 6.04 Å². The molecule has 4 aromatic rings. The normalized spacial score (nSPS) is 12.5. The summed E-state index contributed by atoms with van der Waals surface area (Å²) in [6, 6.07) is 9.53. The molecule has 2 N–H and O–H groups in total. The minimum absolute atomic E-state index is 0.191. The van der Waals surface area contributed by atoms with Crippen molar-refractivity contribution in [3.63, 3.8) is 0 Å². The Morgan fingerprint density at radius 2 is 2.00 bits per heavy atom. The summed E-state index contributed by atoms with van der Waals surface area (Å²) in [6.45, 7) is 1.91. The van der Waals surface area contributed by atoms with E-state index in [1.54, 1.807) is 6.20 Å². The summed E-state index contributed by atoms with van der Waals surface area (Å²) < 4.78 is 15.1. The number of aromatic nitrogens is 3. The molecule has 0 aliphatic rings. The molecule has 3 heterocycles. The van der Waals surface area contributed by atoms with E-state index in [0.717, 1.165) is 31.7 Å². The molecule has 0 saturated heterocycles. The molecule has 0 aliphatic carbocycles. The molecule has 0 aliphatic heterocycles. The molecule has 0 bridgehead atoms.